The van der Waals surface area contributed by atoms with Crippen molar-refractivity contribution in [3.8, 4) is 0 Å². The number of hydrogen-bond donors (Lipinski definition) is 2. The van der Waals surface area contributed by atoms with Crippen LogP contribution in [0.3, 0.4) is 0 Å². The molecule has 3 heteroatoms. The summed E-state index contributed by atoms with van der Waals surface area (Å²) in [7, 11) is 0. The molecule has 0 heterocycles. The zero-order chi connectivity index (χ0) is 17.6. The summed E-state index contributed by atoms with van der Waals surface area (Å²) in [5.41, 5.74) is 2.92. The molecule has 0 aromatic heterocycles. The molecule has 2 unspecified atom stereocenters. The second-order valence-corrected chi connectivity index (χ2v) is 7.59. The first-order valence-corrected chi connectivity index (χ1v) is 8.73. The summed E-state index contributed by atoms with van der Waals surface area (Å²) in [5.74, 6) is 0.0727. The summed E-state index contributed by atoms with van der Waals surface area (Å²) in [6.45, 7) is 7.56. The molecule has 1 aliphatic rings. The van der Waals surface area contributed by atoms with Crippen LogP contribution >= 0.6 is 0 Å². The highest BCUT2D eigenvalue weighted by atomic mass is 16.4. The van der Waals surface area contributed by atoms with Gasteiger partial charge in [-0.3, -0.25) is 4.79 Å². The molecule has 24 heavy (non-hydrogen) atoms. The van der Waals surface area contributed by atoms with E-state index in [1.54, 1.807) is 0 Å². The van der Waals surface area contributed by atoms with E-state index in [0.717, 1.165) is 12.8 Å². The van der Waals surface area contributed by atoms with Gasteiger partial charge < -0.3 is 10.4 Å². The van der Waals surface area contributed by atoms with E-state index in [2.05, 4.69) is 68.6 Å². The van der Waals surface area contributed by atoms with Crippen LogP contribution in [-0.4, -0.2) is 24.2 Å². The molecule has 0 amide bonds. The Morgan fingerprint density at radius 2 is 2.00 bits per heavy atom. The number of carboxylic acids is 1. The van der Waals surface area contributed by atoms with Crippen LogP contribution in [0, 0.1) is 11.3 Å². The van der Waals surface area contributed by atoms with Gasteiger partial charge in [0.05, 0.1) is 6.54 Å². The second-order valence-electron chi connectivity index (χ2n) is 7.59. The topological polar surface area (TPSA) is 49.3 Å². The van der Waals surface area contributed by atoms with E-state index in [4.69, 9.17) is 5.11 Å². The number of carbonyl (C=O) groups is 1. The Morgan fingerprint density at radius 3 is 2.54 bits per heavy atom. The molecule has 0 saturated carbocycles. The SMILES string of the molecule is CC(C)(C)C1C=CC(C(CCNCC(=O)O)c2ccccc2)=CC1. The molecule has 0 saturated heterocycles. The summed E-state index contributed by atoms with van der Waals surface area (Å²) in [6, 6.07) is 10.5. The van der Waals surface area contributed by atoms with Gasteiger partial charge in [-0.2, -0.15) is 0 Å². The Balaban J connectivity index is 2.08. The van der Waals surface area contributed by atoms with Gasteiger partial charge in [-0.05, 0) is 41.9 Å². The quantitative estimate of drug-likeness (QED) is 0.731. The molecule has 1 aliphatic carbocycles. The number of rotatable bonds is 7. The number of benzene rings is 1. The maximum Gasteiger partial charge on any atom is 0.317 e. The molecule has 2 atom stereocenters. The Bertz CT molecular complexity index is 596. The predicted octanol–water partition coefficient (Wildman–Crippen LogP) is 4.38. The van der Waals surface area contributed by atoms with Gasteiger partial charge in [0.25, 0.3) is 0 Å². The van der Waals surface area contributed by atoms with Gasteiger partial charge in [-0.25, -0.2) is 0 Å². The normalized spacial score (nSPS) is 19.0. The van der Waals surface area contributed by atoms with Crippen molar-refractivity contribution in [2.45, 2.75) is 39.5 Å². The van der Waals surface area contributed by atoms with E-state index in [1.165, 1.54) is 11.1 Å². The minimum atomic E-state index is -0.809. The number of aliphatic carboxylic acids is 1. The van der Waals surface area contributed by atoms with E-state index in [-0.39, 0.29) is 12.0 Å². The highest BCUT2D eigenvalue weighted by molar-refractivity contribution is 5.68. The van der Waals surface area contributed by atoms with E-state index in [1.807, 2.05) is 6.07 Å². The van der Waals surface area contributed by atoms with Crippen molar-refractivity contribution >= 4 is 5.97 Å². The van der Waals surface area contributed by atoms with Gasteiger partial charge in [0.1, 0.15) is 0 Å². The lowest BCUT2D eigenvalue weighted by molar-refractivity contribution is -0.135. The molecule has 0 aliphatic heterocycles. The average Bonchev–Trinajstić information content (AvgIpc) is 2.55. The summed E-state index contributed by atoms with van der Waals surface area (Å²) < 4.78 is 0. The molecule has 130 valence electrons. The molecule has 0 bridgehead atoms. The van der Waals surface area contributed by atoms with Crippen molar-refractivity contribution in [3.05, 3.63) is 59.7 Å². The van der Waals surface area contributed by atoms with Crippen LogP contribution in [-0.2, 0) is 4.79 Å². The molecule has 0 radical (unpaired) electrons. The van der Waals surface area contributed by atoms with Gasteiger partial charge in [0, 0.05) is 5.92 Å². The molecule has 1 aromatic carbocycles. The van der Waals surface area contributed by atoms with Crippen LogP contribution in [0.2, 0.25) is 0 Å². The highest BCUT2D eigenvalue weighted by Gasteiger charge is 2.25. The Hall–Kier alpha value is -1.87. The zero-order valence-electron chi connectivity index (χ0n) is 15.0. The lowest BCUT2D eigenvalue weighted by Crippen LogP contribution is -2.25. The zero-order valence-corrected chi connectivity index (χ0v) is 15.0. The van der Waals surface area contributed by atoms with E-state index >= 15 is 0 Å². The fraction of sp³-hybridized carbons (Fsp3) is 0.476. The molecule has 0 spiro atoms. The molecule has 2 N–H and O–H groups in total. The van der Waals surface area contributed by atoms with Gasteiger partial charge in [0.2, 0.25) is 0 Å². The Kier molecular flexibility index (Phi) is 6.38. The third-order valence-corrected chi connectivity index (χ3v) is 4.73. The lowest BCUT2D eigenvalue weighted by atomic mass is 9.74. The molecule has 1 aromatic rings. The largest absolute Gasteiger partial charge is 0.480 e. The van der Waals surface area contributed by atoms with Crippen LogP contribution in [0.4, 0.5) is 0 Å². The maximum atomic E-state index is 10.7. The third-order valence-electron chi connectivity index (χ3n) is 4.73. The van der Waals surface area contributed by atoms with Crippen LogP contribution < -0.4 is 5.32 Å². The number of carboxylic acid groups (broad SMARTS) is 1. The Labute approximate surface area is 145 Å². The second kappa shape index (κ2) is 8.29. The van der Waals surface area contributed by atoms with Crippen molar-refractivity contribution in [1.29, 1.82) is 0 Å². The van der Waals surface area contributed by atoms with Gasteiger partial charge in [-0.15, -0.1) is 0 Å². The predicted molar refractivity (Wildman–Crippen MR) is 99.1 cm³/mol. The lowest BCUT2D eigenvalue weighted by Gasteiger charge is -2.31. The van der Waals surface area contributed by atoms with Crippen molar-refractivity contribution in [1.82, 2.24) is 5.32 Å². The summed E-state index contributed by atoms with van der Waals surface area (Å²) in [5, 5.41) is 11.8. The minimum Gasteiger partial charge on any atom is -0.480 e. The van der Waals surface area contributed by atoms with Crippen molar-refractivity contribution < 1.29 is 9.90 Å². The van der Waals surface area contributed by atoms with Gasteiger partial charge in [-0.1, -0.05) is 69.3 Å². The van der Waals surface area contributed by atoms with Crippen molar-refractivity contribution in [2.24, 2.45) is 11.3 Å². The third kappa shape index (κ3) is 5.34. The first kappa shape index (κ1) is 18.5. The van der Waals surface area contributed by atoms with Gasteiger partial charge in [0.15, 0.2) is 0 Å². The van der Waals surface area contributed by atoms with Crippen molar-refractivity contribution in [3.63, 3.8) is 0 Å². The maximum absolute atomic E-state index is 10.7. The summed E-state index contributed by atoms with van der Waals surface area (Å²) >= 11 is 0. The summed E-state index contributed by atoms with van der Waals surface area (Å²) in [4.78, 5) is 10.7. The fourth-order valence-corrected chi connectivity index (χ4v) is 3.19. The van der Waals surface area contributed by atoms with E-state index < -0.39 is 5.97 Å². The first-order valence-electron chi connectivity index (χ1n) is 8.73. The smallest absolute Gasteiger partial charge is 0.317 e. The van der Waals surface area contributed by atoms with Gasteiger partial charge >= 0.3 is 5.97 Å². The van der Waals surface area contributed by atoms with Crippen LogP contribution in [0.15, 0.2) is 54.1 Å². The first-order chi connectivity index (χ1) is 11.4. The van der Waals surface area contributed by atoms with E-state index in [9.17, 15) is 4.79 Å². The standard InChI is InChI=1S/C21H29NO2/c1-21(2,3)18-11-9-17(10-12-18)19(13-14-22-15-20(23)24)16-7-5-4-6-8-16/h4-11,18-19,22H,12-15H2,1-3H3,(H,23,24). The fourth-order valence-electron chi connectivity index (χ4n) is 3.19. The average molecular weight is 327 g/mol. The molecule has 0 fully saturated rings. The van der Waals surface area contributed by atoms with Crippen LogP contribution in [0.1, 0.15) is 45.1 Å². The number of allylic oxidation sites excluding steroid dienone is 4. The van der Waals surface area contributed by atoms with E-state index in [0.29, 0.717) is 18.4 Å². The Morgan fingerprint density at radius 1 is 1.29 bits per heavy atom. The number of hydrogen-bond acceptors (Lipinski definition) is 2. The van der Waals surface area contributed by atoms with Crippen LogP contribution in [0.5, 0.6) is 0 Å². The minimum absolute atomic E-state index is 0.0164. The molecular weight excluding hydrogens is 298 g/mol. The molecular formula is C21H29NO2. The monoisotopic (exact) mass is 327 g/mol. The number of nitrogens with one attached hydrogen (secondary N) is 1. The van der Waals surface area contributed by atoms with Crippen molar-refractivity contribution in [2.75, 3.05) is 13.1 Å². The highest BCUT2D eigenvalue weighted by Crippen LogP contribution is 2.37. The molecule has 2 rings (SSSR count). The van der Waals surface area contributed by atoms with Crippen LogP contribution in [0.25, 0.3) is 0 Å². The summed E-state index contributed by atoms with van der Waals surface area (Å²) in [6.07, 6.45) is 8.95. The molecule has 3 nitrogen and oxygen atoms in total.